The van der Waals surface area contributed by atoms with Gasteiger partial charge in [0.1, 0.15) is 6.10 Å². The van der Waals surface area contributed by atoms with Gasteiger partial charge in [0.05, 0.1) is 6.61 Å². The van der Waals surface area contributed by atoms with Crippen molar-refractivity contribution in [3.63, 3.8) is 0 Å². The van der Waals surface area contributed by atoms with Crippen molar-refractivity contribution in [1.29, 1.82) is 0 Å². The molecule has 0 aliphatic carbocycles. The molecule has 0 rings (SSSR count). The van der Waals surface area contributed by atoms with Crippen molar-refractivity contribution >= 4 is 16.9 Å². The fraction of sp³-hybridized carbons (Fsp3) is 0.625. The minimum atomic E-state index is -0.927. The third-order valence-corrected chi connectivity index (χ3v) is 2.41. The summed E-state index contributed by atoms with van der Waals surface area (Å²) in [7, 11) is 0. The first-order valence-corrected chi connectivity index (χ1v) is 4.45. The van der Waals surface area contributed by atoms with Crippen LogP contribution in [0.5, 0.6) is 0 Å². The summed E-state index contributed by atoms with van der Waals surface area (Å²) in [4.78, 5) is 11.3. The molecule has 0 aliphatic heterocycles. The van der Waals surface area contributed by atoms with Gasteiger partial charge in [0.15, 0.2) is 5.12 Å². The average molecular weight is 190 g/mol. The Kier molecular flexibility index (Phi) is 5.20. The number of aliphatic hydroxyl groups excluding tert-OH is 2. The monoisotopic (exact) mass is 190 g/mol. The predicted molar refractivity (Wildman–Crippen MR) is 49.7 cm³/mol. The van der Waals surface area contributed by atoms with E-state index in [2.05, 4.69) is 0 Å². The fourth-order valence-electron chi connectivity index (χ4n) is 0.741. The summed E-state index contributed by atoms with van der Waals surface area (Å²) < 4.78 is 0. The Labute approximate surface area is 76.5 Å². The van der Waals surface area contributed by atoms with Crippen LogP contribution in [0, 0.1) is 0 Å². The summed E-state index contributed by atoms with van der Waals surface area (Å²) >= 11 is 0.971. The molecule has 12 heavy (non-hydrogen) atoms. The zero-order valence-electron chi connectivity index (χ0n) is 7.50. The van der Waals surface area contributed by atoms with Gasteiger partial charge in [-0.1, -0.05) is 17.3 Å². The van der Waals surface area contributed by atoms with Crippen LogP contribution in [0.15, 0.2) is 10.5 Å². The molecule has 0 aromatic heterocycles. The van der Waals surface area contributed by atoms with Crippen molar-refractivity contribution in [1.82, 2.24) is 0 Å². The molecule has 2 N–H and O–H groups in total. The number of aliphatic hydroxyl groups is 2. The van der Waals surface area contributed by atoms with Crippen molar-refractivity contribution in [3.05, 3.63) is 10.5 Å². The predicted octanol–water partition coefficient (Wildman–Crippen LogP) is 0.913. The largest absolute Gasteiger partial charge is 0.393 e. The number of allylic oxidation sites excluding steroid dienone is 1. The van der Waals surface area contributed by atoms with Crippen LogP contribution in [-0.4, -0.2) is 28.0 Å². The lowest BCUT2D eigenvalue weighted by Gasteiger charge is -2.11. The molecule has 0 aromatic rings. The van der Waals surface area contributed by atoms with Crippen molar-refractivity contribution in [2.75, 3.05) is 6.61 Å². The number of carbonyl (C=O) groups is 1. The van der Waals surface area contributed by atoms with Gasteiger partial charge in [0, 0.05) is 11.8 Å². The molecule has 0 spiro atoms. The maximum Gasteiger partial charge on any atom is 0.190 e. The summed E-state index contributed by atoms with van der Waals surface area (Å²) in [6.45, 7) is 4.67. The number of rotatable bonds is 3. The van der Waals surface area contributed by atoms with Gasteiger partial charge < -0.3 is 10.2 Å². The minimum Gasteiger partial charge on any atom is -0.393 e. The van der Waals surface area contributed by atoms with Crippen LogP contribution in [-0.2, 0) is 4.79 Å². The topological polar surface area (TPSA) is 57.5 Å². The first-order valence-electron chi connectivity index (χ1n) is 3.63. The maximum absolute atomic E-state index is 10.7. The molecule has 0 saturated carbocycles. The molecule has 0 radical (unpaired) electrons. The van der Waals surface area contributed by atoms with Gasteiger partial charge in [0.25, 0.3) is 0 Å². The Balaban J connectivity index is 4.46. The Morgan fingerprint density at radius 2 is 1.92 bits per heavy atom. The minimum absolute atomic E-state index is 0.0845. The number of hydrogen-bond donors (Lipinski definition) is 2. The fourth-order valence-corrected chi connectivity index (χ4v) is 1.47. The zero-order valence-corrected chi connectivity index (χ0v) is 8.31. The highest BCUT2D eigenvalue weighted by Crippen LogP contribution is 2.23. The zero-order chi connectivity index (χ0) is 9.72. The Morgan fingerprint density at radius 1 is 1.42 bits per heavy atom. The van der Waals surface area contributed by atoms with E-state index in [0.29, 0.717) is 4.91 Å². The Bertz CT molecular complexity index is 194. The number of hydrogen-bond acceptors (Lipinski definition) is 4. The van der Waals surface area contributed by atoms with Gasteiger partial charge in [0.2, 0.25) is 0 Å². The van der Waals surface area contributed by atoms with E-state index >= 15 is 0 Å². The van der Waals surface area contributed by atoms with E-state index in [1.807, 2.05) is 0 Å². The molecule has 0 heterocycles. The van der Waals surface area contributed by atoms with E-state index in [4.69, 9.17) is 5.11 Å². The summed E-state index contributed by atoms with van der Waals surface area (Å²) in [5.74, 6) is 0. The normalized spacial score (nSPS) is 12.4. The van der Waals surface area contributed by atoms with Crippen LogP contribution < -0.4 is 0 Å². The second-order valence-electron chi connectivity index (χ2n) is 2.66. The average Bonchev–Trinajstić information content (AvgIpc) is 1.98. The van der Waals surface area contributed by atoms with Crippen LogP contribution >= 0.6 is 11.8 Å². The van der Waals surface area contributed by atoms with Crippen molar-refractivity contribution in [3.8, 4) is 0 Å². The Morgan fingerprint density at radius 3 is 2.17 bits per heavy atom. The molecular weight excluding hydrogens is 176 g/mol. The maximum atomic E-state index is 10.7. The highest BCUT2D eigenvalue weighted by atomic mass is 32.2. The van der Waals surface area contributed by atoms with Crippen LogP contribution in [0.3, 0.4) is 0 Å². The smallest absolute Gasteiger partial charge is 0.190 e. The molecule has 1 atom stereocenters. The SMILES string of the molecule is CC(=O)SC(=C(C)C)C(O)CO. The van der Waals surface area contributed by atoms with E-state index in [1.54, 1.807) is 13.8 Å². The molecule has 3 nitrogen and oxygen atoms in total. The summed E-state index contributed by atoms with van der Waals surface area (Å²) in [5.41, 5.74) is 0.858. The molecule has 0 fully saturated rings. The van der Waals surface area contributed by atoms with E-state index < -0.39 is 6.10 Å². The standard InChI is InChI=1S/C8H14O3S/c1-5(2)8(7(11)4-9)12-6(3)10/h7,9,11H,4H2,1-3H3. The molecule has 0 aromatic carbocycles. The van der Waals surface area contributed by atoms with Crippen LogP contribution in [0.25, 0.3) is 0 Å². The number of thioether (sulfide) groups is 1. The quantitative estimate of drug-likeness (QED) is 0.694. The van der Waals surface area contributed by atoms with Crippen LogP contribution in [0.2, 0.25) is 0 Å². The third kappa shape index (κ3) is 3.90. The first-order chi connectivity index (χ1) is 5.49. The van der Waals surface area contributed by atoms with Crippen LogP contribution in [0.4, 0.5) is 0 Å². The Hall–Kier alpha value is -0.320. The van der Waals surface area contributed by atoms with E-state index in [1.165, 1.54) is 6.92 Å². The van der Waals surface area contributed by atoms with Gasteiger partial charge in [-0.15, -0.1) is 0 Å². The molecule has 0 amide bonds. The van der Waals surface area contributed by atoms with Crippen LogP contribution in [0.1, 0.15) is 20.8 Å². The highest BCUT2D eigenvalue weighted by molar-refractivity contribution is 8.16. The molecule has 0 bridgehead atoms. The van der Waals surface area contributed by atoms with Gasteiger partial charge in [-0.05, 0) is 13.8 Å². The molecule has 4 heteroatoms. The second kappa shape index (κ2) is 5.35. The lowest BCUT2D eigenvalue weighted by atomic mass is 10.2. The lowest BCUT2D eigenvalue weighted by molar-refractivity contribution is -0.109. The third-order valence-electron chi connectivity index (χ3n) is 1.22. The summed E-state index contributed by atoms with van der Waals surface area (Å²) in [6, 6.07) is 0. The lowest BCUT2D eigenvalue weighted by Crippen LogP contribution is -2.15. The van der Waals surface area contributed by atoms with Gasteiger partial charge in [-0.3, -0.25) is 4.79 Å². The molecule has 0 saturated heterocycles. The van der Waals surface area contributed by atoms with Crippen molar-refractivity contribution in [2.24, 2.45) is 0 Å². The molecular formula is C8H14O3S. The molecule has 1 unspecified atom stereocenters. The van der Waals surface area contributed by atoms with Gasteiger partial charge >= 0.3 is 0 Å². The summed E-state index contributed by atoms with van der Waals surface area (Å²) in [5, 5.41) is 17.8. The van der Waals surface area contributed by atoms with E-state index in [-0.39, 0.29) is 11.7 Å². The van der Waals surface area contributed by atoms with E-state index in [9.17, 15) is 9.90 Å². The second-order valence-corrected chi connectivity index (χ2v) is 3.88. The van der Waals surface area contributed by atoms with Gasteiger partial charge in [-0.25, -0.2) is 0 Å². The van der Waals surface area contributed by atoms with E-state index in [0.717, 1.165) is 17.3 Å². The number of carbonyl (C=O) groups excluding carboxylic acids is 1. The highest BCUT2D eigenvalue weighted by Gasteiger charge is 2.13. The first kappa shape index (κ1) is 11.7. The summed E-state index contributed by atoms with van der Waals surface area (Å²) in [6.07, 6.45) is -0.927. The van der Waals surface area contributed by atoms with Gasteiger partial charge in [-0.2, -0.15) is 0 Å². The molecule has 0 aliphatic rings. The van der Waals surface area contributed by atoms with Crippen molar-refractivity contribution < 1.29 is 15.0 Å². The molecule has 70 valence electrons. The van der Waals surface area contributed by atoms with Crippen molar-refractivity contribution in [2.45, 2.75) is 26.9 Å².